The molecular formula is C10H9F5N2. The summed E-state index contributed by atoms with van der Waals surface area (Å²) in [6, 6.07) is 1.65. The van der Waals surface area contributed by atoms with Gasteiger partial charge in [-0.1, -0.05) is 0 Å². The summed E-state index contributed by atoms with van der Waals surface area (Å²) in [7, 11) is 0. The molecule has 0 amide bonds. The Bertz CT molecular complexity index is 429. The number of fused-ring (bicyclic) bond motifs is 1. The predicted octanol–water partition coefficient (Wildman–Crippen LogP) is 2.76. The minimum Gasteiger partial charge on any atom is -0.382 e. The molecule has 2 rings (SSSR count). The van der Waals surface area contributed by atoms with Crippen molar-refractivity contribution in [1.29, 1.82) is 0 Å². The number of anilines is 2. The second kappa shape index (κ2) is 4.05. The van der Waals surface area contributed by atoms with E-state index in [9.17, 15) is 22.0 Å². The van der Waals surface area contributed by atoms with E-state index in [1.807, 2.05) is 0 Å². The number of nitrogens with zero attached hydrogens (tertiary/aromatic N) is 1. The minimum absolute atomic E-state index is 0.0347. The van der Waals surface area contributed by atoms with Crippen molar-refractivity contribution in [3.8, 4) is 0 Å². The molecule has 17 heavy (non-hydrogen) atoms. The molecule has 2 nitrogen and oxygen atoms in total. The molecule has 1 aromatic carbocycles. The van der Waals surface area contributed by atoms with Gasteiger partial charge in [0.2, 0.25) is 0 Å². The summed E-state index contributed by atoms with van der Waals surface area (Å²) in [4.78, 5) is 0.981. The molecule has 0 aromatic heterocycles. The van der Waals surface area contributed by atoms with Crippen molar-refractivity contribution in [3.63, 3.8) is 0 Å². The van der Waals surface area contributed by atoms with Crippen molar-refractivity contribution >= 4 is 11.4 Å². The monoisotopic (exact) mass is 252 g/mol. The highest BCUT2D eigenvalue weighted by molar-refractivity contribution is 5.72. The standard InChI is InChI=1S/C10H9F5N2/c11-6-3-8-9(4-7(6)12)17(2-1-16-8)5-10(13,14)15/h3-4,16H,1-2,5H2. The summed E-state index contributed by atoms with van der Waals surface area (Å²) in [6.07, 6.45) is -4.38. The lowest BCUT2D eigenvalue weighted by atomic mass is 10.2. The Balaban J connectivity index is 2.34. The van der Waals surface area contributed by atoms with Crippen LogP contribution in [0.4, 0.5) is 33.3 Å². The second-order valence-electron chi connectivity index (χ2n) is 3.75. The zero-order valence-electron chi connectivity index (χ0n) is 8.61. The van der Waals surface area contributed by atoms with Crippen LogP contribution in [0.15, 0.2) is 12.1 Å². The van der Waals surface area contributed by atoms with E-state index >= 15 is 0 Å². The van der Waals surface area contributed by atoms with E-state index in [4.69, 9.17) is 0 Å². The lowest BCUT2D eigenvalue weighted by Gasteiger charge is -2.32. The van der Waals surface area contributed by atoms with E-state index in [1.54, 1.807) is 0 Å². The number of hydrogen-bond donors (Lipinski definition) is 1. The Morgan fingerprint density at radius 3 is 2.47 bits per heavy atom. The van der Waals surface area contributed by atoms with Gasteiger partial charge in [-0.3, -0.25) is 0 Å². The molecule has 0 radical (unpaired) electrons. The molecule has 1 aliphatic rings. The maximum absolute atomic E-state index is 13.0. The van der Waals surface area contributed by atoms with E-state index < -0.39 is 24.4 Å². The van der Waals surface area contributed by atoms with Gasteiger partial charge < -0.3 is 10.2 Å². The summed E-state index contributed by atoms with van der Waals surface area (Å²) < 4.78 is 62.8. The smallest absolute Gasteiger partial charge is 0.382 e. The molecule has 0 saturated heterocycles. The van der Waals surface area contributed by atoms with Crippen molar-refractivity contribution in [1.82, 2.24) is 0 Å². The SMILES string of the molecule is Fc1cc2c(cc1F)N(CC(F)(F)F)CCN2. The summed E-state index contributed by atoms with van der Waals surface area (Å²) in [5.74, 6) is -2.23. The van der Waals surface area contributed by atoms with E-state index in [-0.39, 0.29) is 24.5 Å². The fraction of sp³-hybridized carbons (Fsp3) is 0.400. The van der Waals surface area contributed by atoms with Gasteiger partial charge in [-0.05, 0) is 0 Å². The fourth-order valence-electron chi connectivity index (χ4n) is 1.77. The molecule has 1 aliphatic heterocycles. The third kappa shape index (κ3) is 2.59. The molecule has 0 atom stereocenters. The van der Waals surface area contributed by atoms with Gasteiger partial charge in [-0.15, -0.1) is 0 Å². The molecule has 0 aliphatic carbocycles. The molecule has 0 unspecified atom stereocenters. The van der Waals surface area contributed by atoms with Crippen LogP contribution in [0, 0.1) is 11.6 Å². The first kappa shape index (κ1) is 11.9. The normalized spacial score (nSPS) is 15.5. The molecule has 1 N–H and O–H groups in total. The van der Waals surface area contributed by atoms with Crippen LogP contribution in [0.5, 0.6) is 0 Å². The predicted molar refractivity (Wildman–Crippen MR) is 53.1 cm³/mol. The lowest BCUT2D eigenvalue weighted by molar-refractivity contribution is -0.119. The van der Waals surface area contributed by atoms with Crippen LogP contribution in [-0.2, 0) is 0 Å². The van der Waals surface area contributed by atoms with Crippen molar-refractivity contribution in [2.75, 3.05) is 29.9 Å². The Morgan fingerprint density at radius 2 is 1.82 bits per heavy atom. The molecule has 0 saturated carbocycles. The summed E-state index contributed by atoms with van der Waals surface area (Å²) in [6.45, 7) is -0.821. The van der Waals surface area contributed by atoms with E-state index in [0.717, 1.165) is 17.0 Å². The van der Waals surface area contributed by atoms with Gasteiger partial charge in [0.05, 0.1) is 11.4 Å². The first-order valence-corrected chi connectivity index (χ1v) is 4.91. The molecular weight excluding hydrogens is 243 g/mol. The van der Waals surface area contributed by atoms with Crippen LogP contribution in [-0.4, -0.2) is 25.8 Å². The lowest BCUT2D eigenvalue weighted by Crippen LogP contribution is -2.40. The van der Waals surface area contributed by atoms with Crippen LogP contribution >= 0.6 is 0 Å². The number of alkyl halides is 3. The molecule has 94 valence electrons. The van der Waals surface area contributed by atoms with Gasteiger partial charge in [0.1, 0.15) is 6.54 Å². The number of halogens is 5. The van der Waals surface area contributed by atoms with Gasteiger partial charge in [-0.2, -0.15) is 13.2 Å². The topological polar surface area (TPSA) is 15.3 Å². The van der Waals surface area contributed by atoms with Crippen LogP contribution in [0.2, 0.25) is 0 Å². The number of hydrogen-bond acceptors (Lipinski definition) is 2. The molecule has 0 spiro atoms. The highest BCUT2D eigenvalue weighted by Gasteiger charge is 2.33. The minimum atomic E-state index is -4.38. The van der Waals surface area contributed by atoms with Gasteiger partial charge in [-0.25, -0.2) is 8.78 Å². The average molecular weight is 252 g/mol. The first-order valence-electron chi connectivity index (χ1n) is 4.91. The van der Waals surface area contributed by atoms with Crippen molar-refractivity contribution in [2.45, 2.75) is 6.18 Å². The van der Waals surface area contributed by atoms with Crippen LogP contribution in [0.1, 0.15) is 0 Å². The van der Waals surface area contributed by atoms with E-state index in [2.05, 4.69) is 5.32 Å². The quantitative estimate of drug-likeness (QED) is 0.773. The average Bonchev–Trinajstić information content (AvgIpc) is 2.19. The highest BCUT2D eigenvalue weighted by Crippen LogP contribution is 2.33. The first-order chi connectivity index (χ1) is 7.87. The Hall–Kier alpha value is -1.53. The Labute approximate surface area is 94.0 Å². The van der Waals surface area contributed by atoms with Crippen LogP contribution < -0.4 is 10.2 Å². The number of nitrogens with one attached hydrogen (secondary N) is 1. The summed E-state index contributed by atoms with van der Waals surface area (Å²) >= 11 is 0. The maximum atomic E-state index is 13.0. The molecule has 0 bridgehead atoms. The van der Waals surface area contributed by atoms with Gasteiger partial charge in [0, 0.05) is 25.2 Å². The van der Waals surface area contributed by atoms with Crippen molar-refractivity contribution in [3.05, 3.63) is 23.8 Å². The number of benzene rings is 1. The molecule has 1 aromatic rings. The second-order valence-corrected chi connectivity index (χ2v) is 3.75. The van der Waals surface area contributed by atoms with Gasteiger partial charge >= 0.3 is 6.18 Å². The maximum Gasteiger partial charge on any atom is 0.405 e. The summed E-state index contributed by atoms with van der Waals surface area (Å²) in [5.41, 5.74) is 0.215. The third-order valence-corrected chi connectivity index (χ3v) is 2.45. The summed E-state index contributed by atoms with van der Waals surface area (Å²) in [5, 5.41) is 2.73. The van der Waals surface area contributed by atoms with E-state index in [1.165, 1.54) is 0 Å². The Kier molecular flexibility index (Phi) is 2.84. The van der Waals surface area contributed by atoms with Crippen molar-refractivity contribution in [2.24, 2.45) is 0 Å². The molecule has 0 fully saturated rings. The fourth-order valence-corrected chi connectivity index (χ4v) is 1.77. The Morgan fingerprint density at radius 1 is 1.18 bits per heavy atom. The molecule has 7 heteroatoms. The molecule has 1 heterocycles. The third-order valence-electron chi connectivity index (χ3n) is 2.45. The van der Waals surface area contributed by atoms with Crippen LogP contribution in [0.25, 0.3) is 0 Å². The zero-order chi connectivity index (χ0) is 12.6. The van der Waals surface area contributed by atoms with Crippen LogP contribution in [0.3, 0.4) is 0 Å². The van der Waals surface area contributed by atoms with Gasteiger partial charge in [0.15, 0.2) is 11.6 Å². The van der Waals surface area contributed by atoms with Crippen molar-refractivity contribution < 1.29 is 22.0 Å². The zero-order valence-corrected chi connectivity index (χ0v) is 8.61. The highest BCUT2D eigenvalue weighted by atomic mass is 19.4. The van der Waals surface area contributed by atoms with E-state index in [0.29, 0.717) is 0 Å². The largest absolute Gasteiger partial charge is 0.405 e. The van der Waals surface area contributed by atoms with Gasteiger partial charge in [0.25, 0.3) is 0 Å². The number of rotatable bonds is 1.